The van der Waals surface area contributed by atoms with Gasteiger partial charge in [-0.2, -0.15) is 0 Å². The second kappa shape index (κ2) is 12.5. The molecule has 5 heteroatoms. The molecule has 0 aliphatic rings. The van der Waals surface area contributed by atoms with E-state index in [0.717, 1.165) is 44.2 Å². The molecule has 50 heavy (non-hydrogen) atoms. The Labute approximate surface area is 292 Å². The maximum atomic E-state index is 9.19. The average molecular weight is 660 g/mol. The highest BCUT2D eigenvalue weighted by molar-refractivity contribution is 7.26. The molecule has 1 N–H and O–H groups in total. The highest BCUT2D eigenvalue weighted by Crippen LogP contribution is 2.41. The molecule has 0 bridgehead atoms. The monoisotopic (exact) mass is 659 g/mol. The van der Waals surface area contributed by atoms with Crippen LogP contribution in [0.5, 0.6) is 0 Å². The molecule has 7 aromatic carbocycles. The van der Waals surface area contributed by atoms with Gasteiger partial charge in [-0.1, -0.05) is 133 Å². The molecule has 0 aliphatic heterocycles. The molecule has 4 nitrogen and oxygen atoms in total. The lowest BCUT2D eigenvalue weighted by atomic mass is 10.00. The number of para-hydroxylation sites is 1. The molecule has 0 saturated heterocycles. The first-order valence-corrected chi connectivity index (χ1v) is 17.3. The van der Waals surface area contributed by atoms with Gasteiger partial charge >= 0.3 is 0 Å². The van der Waals surface area contributed by atoms with Crippen molar-refractivity contribution in [2.45, 2.75) is 0 Å². The molecule has 0 spiro atoms. The molecular formula is C45H29N3OS. The van der Waals surface area contributed by atoms with Crippen LogP contribution >= 0.6 is 11.3 Å². The number of amidine groups is 2. The smallest absolute Gasteiger partial charge is 0.161 e. The predicted octanol–water partition coefficient (Wildman–Crippen LogP) is 12.2. The fourth-order valence-corrected chi connectivity index (χ4v) is 7.85. The van der Waals surface area contributed by atoms with Gasteiger partial charge in [0.2, 0.25) is 0 Å². The molecular weight excluding hydrogens is 631 g/mol. The normalized spacial score (nSPS) is 12.1. The number of hydrogen-bond acceptors (Lipinski definition) is 3. The molecule has 0 unspecified atom stereocenters. The Bertz CT molecular complexity index is 2770. The average Bonchev–Trinajstić information content (AvgIpc) is 3.75. The van der Waals surface area contributed by atoms with E-state index in [1.54, 1.807) is 0 Å². The fourth-order valence-electron chi connectivity index (χ4n) is 6.61. The van der Waals surface area contributed by atoms with E-state index in [1.165, 1.54) is 25.7 Å². The summed E-state index contributed by atoms with van der Waals surface area (Å²) in [6.07, 6.45) is 1.81. The van der Waals surface area contributed by atoms with Gasteiger partial charge in [0.25, 0.3) is 0 Å². The minimum atomic E-state index is 0.0824. The molecule has 236 valence electrons. The lowest BCUT2D eigenvalue weighted by Gasteiger charge is -2.05. The molecule has 9 rings (SSSR count). The van der Waals surface area contributed by atoms with Crippen LogP contribution in [0.3, 0.4) is 0 Å². The van der Waals surface area contributed by atoms with Crippen LogP contribution in [0.2, 0.25) is 0 Å². The summed E-state index contributed by atoms with van der Waals surface area (Å²) in [6.45, 7) is 0. The lowest BCUT2D eigenvalue weighted by molar-refractivity contribution is 0.668. The van der Waals surface area contributed by atoms with E-state index in [4.69, 9.17) is 14.4 Å². The highest BCUT2D eigenvalue weighted by Gasteiger charge is 2.17. The topological polar surface area (TPSA) is 61.7 Å². The van der Waals surface area contributed by atoms with E-state index >= 15 is 0 Å². The van der Waals surface area contributed by atoms with Gasteiger partial charge in [-0.15, -0.1) is 11.3 Å². The fraction of sp³-hybridized carbons (Fsp3) is 0. The first-order chi connectivity index (χ1) is 24.7. The van der Waals surface area contributed by atoms with Crippen molar-refractivity contribution in [2.75, 3.05) is 0 Å². The summed E-state index contributed by atoms with van der Waals surface area (Å²) in [5.74, 6) is 0.534. The van der Waals surface area contributed by atoms with Crippen molar-refractivity contribution in [3.8, 4) is 22.3 Å². The van der Waals surface area contributed by atoms with Crippen molar-refractivity contribution < 1.29 is 4.42 Å². The molecule has 9 aromatic rings. The van der Waals surface area contributed by atoms with Crippen molar-refractivity contribution in [1.82, 2.24) is 0 Å². The minimum absolute atomic E-state index is 0.0824. The van der Waals surface area contributed by atoms with Crippen LogP contribution < -0.4 is 0 Å². The SMILES string of the molecule is N=C(N=C(N=Cc1cccc(-c2ccccc2)c1)c1ccccc1)c1cccc2c1oc1ccc(-c3cccc4c3sc3ccccc34)cc12. The van der Waals surface area contributed by atoms with Gasteiger partial charge in [0.15, 0.2) is 11.7 Å². The third-order valence-electron chi connectivity index (χ3n) is 9.05. The highest BCUT2D eigenvalue weighted by atomic mass is 32.1. The van der Waals surface area contributed by atoms with Gasteiger partial charge in [0.1, 0.15) is 11.2 Å². The second-order valence-electron chi connectivity index (χ2n) is 12.2. The number of benzene rings is 7. The van der Waals surface area contributed by atoms with Gasteiger partial charge < -0.3 is 4.42 Å². The Balaban J connectivity index is 1.10. The number of thiophene rings is 1. The Kier molecular flexibility index (Phi) is 7.45. The van der Waals surface area contributed by atoms with Crippen molar-refractivity contribution >= 4 is 71.3 Å². The van der Waals surface area contributed by atoms with E-state index in [1.807, 2.05) is 96.4 Å². The number of nitrogens with zero attached hydrogens (tertiary/aromatic N) is 2. The van der Waals surface area contributed by atoms with E-state index in [9.17, 15) is 5.41 Å². The van der Waals surface area contributed by atoms with Crippen molar-refractivity contribution in [3.63, 3.8) is 0 Å². The number of aliphatic imine (C=N–C) groups is 2. The van der Waals surface area contributed by atoms with Gasteiger partial charge in [0.05, 0.1) is 5.56 Å². The Morgan fingerprint density at radius 2 is 1.30 bits per heavy atom. The maximum absolute atomic E-state index is 9.19. The molecule has 0 atom stereocenters. The number of fused-ring (bicyclic) bond motifs is 6. The Morgan fingerprint density at radius 3 is 2.18 bits per heavy atom. The van der Waals surface area contributed by atoms with Gasteiger partial charge in [0, 0.05) is 42.7 Å². The maximum Gasteiger partial charge on any atom is 0.161 e. The van der Waals surface area contributed by atoms with Gasteiger partial charge in [-0.05, 0) is 58.1 Å². The van der Waals surface area contributed by atoms with Gasteiger partial charge in [-0.25, -0.2) is 9.98 Å². The van der Waals surface area contributed by atoms with Crippen LogP contribution in [0.1, 0.15) is 16.7 Å². The molecule has 0 fully saturated rings. The van der Waals surface area contributed by atoms with E-state index in [2.05, 4.69) is 84.9 Å². The second-order valence-corrected chi connectivity index (χ2v) is 13.2. The molecule has 2 heterocycles. The van der Waals surface area contributed by atoms with E-state index in [-0.39, 0.29) is 5.84 Å². The molecule has 0 aliphatic carbocycles. The molecule has 0 amide bonds. The molecule has 0 saturated carbocycles. The predicted molar refractivity (Wildman–Crippen MR) is 211 cm³/mol. The summed E-state index contributed by atoms with van der Waals surface area (Å²) in [6, 6.07) is 55.8. The number of furan rings is 1. The van der Waals surface area contributed by atoms with Gasteiger partial charge in [-0.3, -0.25) is 5.41 Å². The number of hydrogen-bond donors (Lipinski definition) is 1. The third kappa shape index (κ3) is 5.40. The minimum Gasteiger partial charge on any atom is -0.455 e. The van der Waals surface area contributed by atoms with Crippen LogP contribution in [0.15, 0.2) is 178 Å². The lowest BCUT2D eigenvalue weighted by Crippen LogP contribution is -2.05. The molecule has 0 radical (unpaired) electrons. The summed E-state index contributed by atoms with van der Waals surface area (Å²) in [5, 5.41) is 13.7. The standard InChI is InChI=1S/C45H29N3OS/c46-44(48-45(31-15-5-2-6-16-31)47-28-29-12-9-17-32(26-29)30-13-3-1-4-14-30)38-22-11-20-36-39-27-33(24-25-40(39)49-42(36)38)34-19-10-21-37-35-18-7-8-23-41(35)50-43(34)37/h1-28,46H. The zero-order valence-electron chi connectivity index (χ0n) is 26.9. The summed E-state index contributed by atoms with van der Waals surface area (Å²) in [4.78, 5) is 9.62. The van der Waals surface area contributed by atoms with Crippen LogP contribution in [0, 0.1) is 5.41 Å². The van der Waals surface area contributed by atoms with Crippen molar-refractivity contribution in [3.05, 3.63) is 180 Å². The molecule has 2 aromatic heterocycles. The number of rotatable bonds is 5. The van der Waals surface area contributed by atoms with Crippen molar-refractivity contribution in [1.29, 1.82) is 5.41 Å². The summed E-state index contributed by atoms with van der Waals surface area (Å²) in [5.41, 5.74) is 8.39. The summed E-state index contributed by atoms with van der Waals surface area (Å²) in [7, 11) is 0. The van der Waals surface area contributed by atoms with Crippen LogP contribution in [-0.2, 0) is 0 Å². The van der Waals surface area contributed by atoms with Crippen molar-refractivity contribution in [2.24, 2.45) is 9.98 Å². The quantitative estimate of drug-likeness (QED) is 0.145. The number of nitrogens with one attached hydrogen (secondary N) is 1. The largest absolute Gasteiger partial charge is 0.455 e. The third-order valence-corrected chi connectivity index (χ3v) is 10.3. The first kappa shape index (κ1) is 29.7. The zero-order valence-corrected chi connectivity index (χ0v) is 27.7. The van der Waals surface area contributed by atoms with Crippen LogP contribution in [0.25, 0.3) is 64.4 Å². The zero-order chi connectivity index (χ0) is 33.4. The van der Waals surface area contributed by atoms with E-state index in [0.29, 0.717) is 17.0 Å². The van der Waals surface area contributed by atoms with Crippen LogP contribution in [0.4, 0.5) is 0 Å². The Morgan fingerprint density at radius 1 is 0.580 bits per heavy atom. The van der Waals surface area contributed by atoms with E-state index < -0.39 is 0 Å². The Hall–Kier alpha value is -6.43. The summed E-state index contributed by atoms with van der Waals surface area (Å²) >= 11 is 1.83. The first-order valence-electron chi connectivity index (χ1n) is 16.5. The summed E-state index contributed by atoms with van der Waals surface area (Å²) < 4.78 is 9.02. The van der Waals surface area contributed by atoms with Crippen LogP contribution in [-0.4, -0.2) is 17.9 Å².